The molecule has 0 saturated carbocycles. The fourth-order valence-electron chi connectivity index (χ4n) is 2.04. The molecular formula is C15H15BrN2S. The van der Waals surface area contributed by atoms with Crippen molar-refractivity contribution in [2.24, 2.45) is 5.73 Å². The van der Waals surface area contributed by atoms with Gasteiger partial charge < -0.3 is 10.6 Å². The highest BCUT2D eigenvalue weighted by atomic mass is 79.9. The van der Waals surface area contributed by atoms with Gasteiger partial charge in [0, 0.05) is 22.3 Å². The summed E-state index contributed by atoms with van der Waals surface area (Å²) in [7, 11) is 0. The molecule has 0 aromatic heterocycles. The number of para-hydroxylation sites is 1. The Balaban J connectivity index is 2.55. The van der Waals surface area contributed by atoms with Crippen LogP contribution in [0.3, 0.4) is 0 Å². The van der Waals surface area contributed by atoms with Gasteiger partial charge in [0.15, 0.2) is 0 Å². The molecule has 0 spiro atoms. The third-order valence-electron chi connectivity index (χ3n) is 2.90. The number of hydrogen-bond donors (Lipinski definition) is 1. The van der Waals surface area contributed by atoms with Crippen LogP contribution >= 0.6 is 28.1 Å². The quantitative estimate of drug-likeness (QED) is 0.848. The maximum Gasteiger partial charge on any atom is 0.106 e. The average molecular weight is 335 g/mol. The zero-order chi connectivity index (χ0) is 13.8. The lowest BCUT2D eigenvalue weighted by Gasteiger charge is -2.26. The van der Waals surface area contributed by atoms with Gasteiger partial charge in [0.05, 0.1) is 5.69 Å². The highest BCUT2D eigenvalue weighted by Crippen LogP contribution is 2.30. The summed E-state index contributed by atoms with van der Waals surface area (Å²) in [5, 5.41) is 0. The molecule has 0 aliphatic rings. The van der Waals surface area contributed by atoms with Crippen LogP contribution in [0.15, 0.2) is 53.0 Å². The number of nitrogens with two attached hydrogens (primary N) is 1. The minimum Gasteiger partial charge on any atom is -0.389 e. The van der Waals surface area contributed by atoms with Crippen LogP contribution in [0.5, 0.6) is 0 Å². The monoisotopic (exact) mass is 334 g/mol. The highest BCUT2D eigenvalue weighted by Gasteiger charge is 2.13. The van der Waals surface area contributed by atoms with Crippen LogP contribution < -0.4 is 10.6 Å². The Kier molecular flexibility index (Phi) is 4.56. The standard InChI is InChI=1S/C15H15BrN2S/c1-2-18(12-6-4-3-5-7-12)14-10-11(16)8-9-13(14)15(17)19/h3-10H,2H2,1H3,(H2,17,19). The van der Waals surface area contributed by atoms with E-state index in [-0.39, 0.29) is 0 Å². The molecule has 2 N–H and O–H groups in total. The molecule has 2 aromatic carbocycles. The summed E-state index contributed by atoms with van der Waals surface area (Å²) in [6.07, 6.45) is 0. The van der Waals surface area contributed by atoms with Crippen LogP contribution in [0.2, 0.25) is 0 Å². The van der Waals surface area contributed by atoms with Gasteiger partial charge in [0.1, 0.15) is 4.99 Å². The maximum absolute atomic E-state index is 5.82. The van der Waals surface area contributed by atoms with Crippen molar-refractivity contribution >= 4 is 44.5 Å². The molecule has 4 heteroatoms. The van der Waals surface area contributed by atoms with Gasteiger partial charge in [-0.15, -0.1) is 0 Å². The van der Waals surface area contributed by atoms with E-state index in [0.717, 1.165) is 28.0 Å². The first kappa shape index (κ1) is 14.0. The Bertz CT molecular complexity index is 584. The number of benzene rings is 2. The fraction of sp³-hybridized carbons (Fsp3) is 0.133. The second-order valence-corrected chi connectivity index (χ2v) is 5.46. The summed E-state index contributed by atoms with van der Waals surface area (Å²) in [6.45, 7) is 2.95. The van der Waals surface area contributed by atoms with E-state index in [4.69, 9.17) is 18.0 Å². The number of anilines is 2. The molecule has 2 aromatic rings. The van der Waals surface area contributed by atoms with Gasteiger partial charge in [0.2, 0.25) is 0 Å². The summed E-state index contributed by atoms with van der Waals surface area (Å²) < 4.78 is 1.01. The van der Waals surface area contributed by atoms with Crippen LogP contribution in [0.1, 0.15) is 12.5 Å². The van der Waals surface area contributed by atoms with Crippen LogP contribution in [-0.4, -0.2) is 11.5 Å². The normalized spacial score (nSPS) is 10.2. The maximum atomic E-state index is 5.82. The van der Waals surface area contributed by atoms with E-state index in [0.29, 0.717) is 4.99 Å². The zero-order valence-corrected chi connectivity index (χ0v) is 13.0. The molecule has 0 aliphatic carbocycles. The first-order chi connectivity index (χ1) is 9.13. The van der Waals surface area contributed by atoms with Gasteiger partial charge in [-0.1, -0.05) is 46.3 Å². The van der Waals surface area contributed by atoms with Gasteiger partial charge in [-0.3, -0.25) is 0 Å². The predicted molar refractivity (Wildman–Crippen MR) is 89.2 cm³/mol. The molecule has 0 fully saturated rings. The number of hydrogen-bond acceptors (Lipinski definition) is 2. The van der Waals surface area contributed by atoms with Crippen molar-refractivity contribution in [3.63, 3.8) is 0 Å². The molecule has 19 heavy (non-hydrogen) atoms. The van der Waals surface area contributed by atoms with Gasteiger partial charge in [-0.2, -0.15) is 0 Å². The molecule has 0 atom stereocenters. The van der Waals surface area contributed by atoms with Crippen molar-refractivity contribution in [2.45, 2.75) is 6.92 Å². The van der Waals surface area contributed by atoms with E-state index in [2.05, 4.69) is 39.9 Å². The smallest absolute Gasteiger partial charge is 0.106 e. The molecule has 2 nitrogen and oxygen atoms in total. The van der Waals surface area contributed by atoms with E-state index in [1.54, 1.807) is 0 Å². The van der Waals surface area contributed by atoms with E-state index >= 15 is 0 Å². The highest BCUT2D eigenvalue weighted by molar-refractivity contribution is 9.10. The number of thiocarbonyl (C=S) groups is 1. The van der Waals surface area contributed by atoms with Crippen molar-refractivity contribution in [1.82, 2.24) is 0 Å². The molecule has 0 saturated heterocycles. The van der Waals surface area contributed by atoms with E-state index < -0.39 is 0 Å². The summed E-state index contributed by atoms with van der Waals surface area (Å²) in [4.78, 5) is 2.61. The van der Waals surface area contributed by atoms with Crippen molar-refractivity contribution in [1.29, 1.82) is 0 Å². The van der Waals surface area contributed by atoms with Gasteiger partial charge >= 0.3 is 0 Å². The number of halogens is 1. The van der Waals surface area contributed by atoms with Crippen molar-refractivity contribution < 1.29 is 0 Å². The van der Waals surface area contributed by atoms with E-state index in [1.165, 1.54) is 0 Å². The Morgan fingerprint density at radius 3 is 2.47 bits per heavy atom. The molecule has 0 heterocycles. The molecule has 0 bridgehead atoms. The third-order valence-corrected chi connectivity index (χ3v) is 3.61. The third kappa shape index (κ3) is 3.14. The number of nitrogens with zero attached hydrogens (tertiary/aromatic N) is 1. The average Bonchev–Trinajstić information content (AvgIpc) is 2.40. The molecule has 0 radical (unpaired) electrons. The molecule has 0 aliphatic heterocycles. The molecule has 98 valence electrons. The van der Waals surface area contributed by atoms with Crippen LogP contribution in [-0.2, 0) is 0 Å². The van der Waals surface area contributed by atoms with Crippen molar-refractivity contribution in [3.05, 3.63) is 58.6 Å². The topological polar surface area (TPSA) is 29.3 Å². The minimum absolute atomic E-state index is 0.414. The Morgan fingerprint density at radius 2 is 1.89 bits per heavy atom. The van der Waals surface area contributed by atoms with Gasteiger partial charge in [0.25, 0.3) is 0 Å². The largest absolute Gasteiger partial charge is 0.389 e. The van der Waals surface area contributed by atoms with E-state index in [9.17, 15) is 0 Å². The summed E-state index contributed by atoms with van der Waals surface area (Å²) in [6, 6.07) is 16.2. The minimum atomic E-state index is 0.414. The molecule has 2 rings (SSSR count). The van der Waals surface area contributed by atoms with Crippen molar-refractivity contribution in [2.75, 3.05) is 11.4 Å². The van der Waals surface area contributed by atoms with E-state index in [1.807, 2.05) is 36.4 Å². The second kappa shape index (κ2) is 6.17. The first-order valence-corrected chi connectivity index (χ1v) is 7.25. The summed E-state index contributed by atoms with van der Waals surface area (Å²) in [5.41, 5.74) is 8.87. The van der Waals surface area contributed by atoms with Gasteiger partial charge in [-0.05, 0) is 37.3 Å². The first-order valence-electron chi connectivity index (χ1n) is 6.05. The second-order valence-electron chi connectivity index (χ2n) is 4.11. The lowest BCUT2D eigenvalue weighted by atomic mass is 10.1. The van der Waals surface area contributed by atoms with Crippen molar-refractivity contribution in [3.8, 4) is 0 Å². The van der Waals surface area contributed by atoms with Crippen LogP contribution in [0.25, 0.3) is 0 Å². The molecular weight excluding hydrogens is 320 g/mol. The molecule has 0 unspecified atom stereocenters. The Labute approximate surface area is 127 Å². The zero-order valence-electron chi connectivity index (χ0n) is 10.6. The SMILES string of the molecule is CCN(c1ccccc1)c1cc(Br)ccc1C(N)=S. The fourth-order valence-corrected chi connectivity index (χ4v) is 2.56. The number of rotatable bonds is 4. The van der Waals surface area contributed by atoms with Crippen LogP contribution in [0.4, 0.5) is 11.4 Å². The summed E-state index contributed by atoms with van der Waals surface area (Å²) >= 11 is 8.65. The molecule has 0 amide bonds. The van der Waals surface area contributed by atoms with Gasteiger partial charge in [-0.25, -0.2) is 0 Å². The lowest BCUT2D eigenvalue weighted by Crippen LogP contribution is -2.21. The Morgan fingerprint density at radius 1 is 1.21 bits per heavy atom. The summed E-state index contributed by atoms with van der Waals surface area (Å²) in [5.74, 6) is 0. The van der Waals surface area contributed by atoms with Crippen LogP contribution in [0, 0.1) is 0 Å². The predicted octanol–water partition coefficient (Wildman–Crippen LogP) is 4.24. The lowest BCUT2D eigenvalue weighted by molar-refractivity contribution is 1.02. The Hall–Kier alpha value is -1.39.